The first-order chi connectivity index (χ1) is 8.70. The minimum Gasteiger partial charge on any atom is -0.455 e. The van der Waals surface area contributed by atoms with Gasteiger partial charge in [-0.2, -0.15) is 0 Å². The van der Waals surface area contributed by atoms with Gasteiger partial charge in [-0.15, -0.1) is 0 Å². The van der Waals surface area contributed by atoms with Crippen molar-refractivity contribution in [3.63, 3.8) is 0 Å². The summed E-state index contributed by atoms with van der Waals surface area (Å²) in [7, 11) is 1.85. The summed E-state index contributed by atoms with van der Waals surface area (Å²) in [5.41, 5.74) is 5.47. The lowest BCUT2D eigenvalue weighted by Gasteiger charge is -2.26. The molecule has 2 N–H and O–H groups in total. The zero-order chi connectivity index (χ0) is 13.0. The van der Waals surface area contributed by atoms with E-state index in [1.165, 1.54) is 32.1 Å². The third-order valence-corrected chi connectivity index (χ3v) is 3.68. The second-order valence-corrected chi connectivity index (χ2v) is 5.16. The molecule has 4 heteroatoms. The fourth-order valence-corrected chi connectivity index (χ4v) is 2.63. The lowest BCUT2D eigenvalue weighted by atomic mass is 9.89. The molecular formula is C14H22N2O2. The SMILES string of the molecule is CN(CC1CCCCC1)C(=O)c1ccc(CN)o1. The van der Waals surface area contributed by atoms with Crippen LogP contribution in [0.15, 0.2) is 16.5 Å². The van der Waals surface area contributed by atoms with E-state index in [0.717, 1.165) is 6.54 Å². The van der Waals surface area contributed by atoms with Crippen molar-refractivity contribution >= 4 is 5.91 Å². The third-order valence-electron chi connectivity index (χ3n) is 3.68. The van der Waals surface area contributed by atoms with Crippen molar-refractivity contribution < 1.29 is 9.21 Å². The Bertz CT molecular complexity index is 394. The molecule has 0 atom stereocenters. The first-order valence-corrected chi connectivity index (χ1v) is 6.75. The van der Waals surface area contributed by atoms with Crippen LogP contribution in [0.5, 0.6) is 0 Å². The highest BCUT2D eigenvalue weighted by atomic mass is 16.4. The molecular weight excluding hydrogens is 228 g/mol. The fraction of sp³-hybridized carbons (Fsp3) is 0.643. The summed E-state index contributed by atoms with van der Waals surface area (Å²) in [6.45, 7) is 1.16. The summed E-state index contributed by atoms with van der Waals surface area (Å²) in [6, 6.07) is 3.48. The number of amides is 1. The second-order valence-electron chi connectivity index (χ2n) is 5.16. The molecule has 0 bridgehead atoms. The summed E-state index contributed by atoms with van der Waals surface area (Å²) >= 11 is 0. The molecule has 1 aromatic heterocycles. The molecule has 1 amide bonds. The van der Waals surface area contributed by atoms with Crippen LogP contribution in [0.2, 0.25) is 0 Å². The maximum absolute atomic E-state index is 12.1. The van der Waals surface area contributed by atoms with Crippen molar-refractivity contribution in [2.45, 2.75) is 38.6 Å². The minimum atomic E-state index is -0.0414. The van der Waals surface area contributed by atoms with Crippen molar-refractivity contribution in [3.8, 4) is 0 Å². The van der Waals surface area contributed by atoms with E-state index in [1.54, 1.807) is 17.0 Å². The lowest BCUT2D eigenvalue weighted by Crippen LogP contribution is -2.32. The number of furan rings is 1. The van der Waals surface area contributed by atoms with Crippen LogP contribution in [0.25, 0.3) is 0 Å². The number of rotatable bonds is 4. The average Bonchev–Trinajstić information content (AvgIpc) is 2.87. The van der Waals surface area contributed by atoms with Crippen LogP contribution in [-0.4, -0.2) is 24.4 Å². The van der Waals surface area contributed by atoms with Crippen LogP contribution in [0.4, 0.5) is 0 Å². The molecule has 0 aromatic carbocycles. The van der Waals surface area contributed by atoms with Gasteiger partial charge in [0.1, 0.15) is 5.76 Å². The monoisotopic (exact) mass is 250 g/mol. The van der Waals surface area contributed by atoms with Gasteiger partial charge in [-0.3, -0.25) is 4.79 Å². The zero-order valence-electron chi connectivity index (χ0n) is 11.0. The van der Waals surface area contributed by atoms with Gasteiger partial charge in [-0.05, 0) is 30.9 Å². The predicted molar refractivity (Wildman–Crippen MR) is 70.1 cm³/mol. The van der Waals surface area contributed by atoms with Crippen LogP contribution in [0, 0.1) is 5.92 Å². The maximum atomic E-state index is 12.1. The Hall–Kier alpha value is -1.29. The lowest BCUT2D eigenvalue weighted by molar-refractivity contribution is 0.0727. The van der Waals surface area contributed by atoms with E-state index in [-0.39, 0.29) is 5.91 Å². The Morgan fingerprint density at radius 3 is 2.72 bits per heavy atom. The van der Waals surface area contributed by atoms with E-state index >= 15 is 0 Å². The molecule has 1 aliphatic carbocycles. The second kappa shape index (κ2) is 6.05. The Balaban J connectivity index is 1.91. The molecule has 4 nitrogen and oxygen atoms in total. The van der Waals surface area contributed by atoms with Gasteiger partial charge in [0.15, 0.2) is 5.76 Å². The maximum Gasteiger partial charge on any atom is 0.289 e. The van der Waals surface area contributed by atoms with Crippen molar-refractivity contribution in [1.82, 2.24) is 4.90 Å². The number of nitrogens with two attached hydrogens (primary N) is 1. The van der Waals surface area contributed by atoms with Crippen LogP contribution in [0.1, 0.15) is 48.4 Å². The smallest absolute Gasteiger partial charge is 0.289 e. The minimum absolute atomic E-state index is 0.0414. The molecule has 1 fully saturated rings. The van der Waals surface area contributed by atoms with E-state index in [9.17, 15) is 4.79 Å². The van der Waals surface area contributed by atoms with Crippen molar-refractivity contribution in [2.75, 3.05) is 13.6 Å². The van der Waals surface area contributed by atoms with E-state index in [4.69, 9.17) is 10.2 Å². The summed E-state index contributed by atoms with van der Waals surface area (Å²) < 4.78 is 5.39. The zero-order valence-corrected chi connectivity index (χ0v) is 11.0. The van der Waals surface area contributed by atoms with Gasteiger partial charge in [0.25, 0.3) is 5.91 Å². The van der Waals surface area contributed by atoms with Crippen LogP contribution < -0.4 is 5.73 Å². The fourth-order valence-electron chi connectivity index (χ4n) is 2.63. The molecule has 0 spiro atoms. The highest BCUT2D eigenvalue weighted by molar-refractivity contribution is 5.91. The van der Waals surface area contributed by atoms with Crippen LogP contribution in [-0.2, 0) is 6.54 Å². The highest BCUT2D eigenvalue weighted by Gasteiger charge is 2.20. The molecule has 1 aromatic rings. The average molecular weight is 250 g/mol. The molecule has 18 heavy (non-hydrogen) atoms. The standard InChI is InChI=1S/C14H22N2O2/c1-16(10-11-5-3-2-4-6-11)14(17)13-8-7-12(9-15)18-13/h7-8,11H,2-6,9-10,15H2,1H3. The van der Waals surface area contributed by atoms with Crippen molar-refractivity contribution in [3.05, 3.63) is 23.7 Å². The number of hydrogen-bond acceptors (Lipinski definition) is 3. The van der Waals surface area contributed by atoms with Gasteiger partial charge in [0.05, 0.1) is 6.54 Å². The molecule has 2 rings (SSSR count). The van der Waals surface area contributed by atoms with Crippen LogP contribution >= 0.6 is 0 Å². The number of carbonyl (C=O) groups excluding carboxylic acids is 1. The number of hydrogen-bond donors (Lipinski definition) is 1. The first kappa shape index (κ1) is 13.1. The van der Waals surface area contributed by atoms with Gasteiger partial charge in [-0.25, -0.2) is 0 Å². The molecule has 0 unspecified atom stereocenters. The molecule has 1 heterocycles. The Labute approximate surface area is 108 Å². The summed E-state index contributed by atoms with van der Waals surface area (Å²) in [4.78, 5) is 13.9. The number of nitrogens with zero attached hydrogens (tertiary/aromatic N) is 1. The topological polar surface area (TPSA) is 59.5 Å². The van der Waals surface area contributed by atoms with Crippen molar-refractivity contribution in [1.29, 1.82) is 0 Å². The molecule has 0 saturated heterocycles. The number of carbonyl (C=O) groups is 1. The predicted octanol–water partition coefficient (Wildman–Crippen LogP) is 2.39. The molecule has 1 saturated carbocycles. The highest BCUT2D eigenvalue weighted by Crippen LogP contribution is 2.24. The quantitative estimate of drug-likeness (QED) is 0.892. The van der Waals surface area contributed by atoms with Gasteiger partial charge >= 0.3 is 0 Å². The van der Waals surface area contributed by atoms with Crippen LogP contribution in [0.3, 0.4) is 0 Å². The van der Waals surface area contributed by atoms with Gasteiger partial charge < -0.3 is 15.1 Å². The first-order valence-electron chi connectivity index (χ1n) is 6.75. The van der Waals surface area contributed by atoms with Gasteiger partial charge in [0, 0.05) is 13.6 Å². The normalized spacial score (nSPS) is 16.8. The summed E-state index contributed by atoms with van der Waals surface area (Å²) in [5.74, 6) is 1.66. The van der Waals surface area contributed by atoms with Gasteiger partial charge in [0.2, 0.25) is 0 Å². The molecule has 100 valence electrons. The van der Waals surface area contributed by atoms with E-state index < -0.39 is 0 Å². The largest absolute Gasteiger partial charge is 0.455 e. The van der Waals surface area contributed by atoms with Gasteiger partial charge in [-0.1, -0.05) is 19.3 Å². The summed E-state index contributed by atoms with van der Waals surface area (Å²) in [6.07, 6.45) is 6.41. The molecule has 1 aliphatic rings. The Kier molecular flexibility index (Phi) is 4.42. The van der Waals surface area contributed by atoms with E-state index in [2.05, 4.69) is 0 Å². The Morgan fingerprint density at radius 1 is 1.39 bits per heavy atom. The van der Waals surface area contributed by atoms with E-state index in [0.29, 0.717) is 24.0 Å². The van der Waals surface area contributed by atoms with E-state index in [1.807, 2.05) is 7.05 Å². The van der Waals surface area contributed by atoms with Crippen molar-refractivity contribution in [2.24, 2.45) is 11.7 Å². The summed E-state index contributed by atoms with van der Waals surface area (Å²) in [5, 5.41) is 0. The molecule has 0 radical (unpaired) electrons. The Morgan fingerprint density at radius 2 is 2.11 bits per heavy atom. The molecule has 0 aliphatic heterocycles. The third kappa shape index (κ3) is 3.13.